The first-order valence-electron chi connectivity index (χ1n) is 7.88. The van der Waals surface area contributed by atoms with E-state index in [1.54, 1.807) is 7.05 Å². The molecule has 146 valence electrons. The highest BCUT2D eigenvalue weighted by Crippen LogP contribution is 2.29. The van der Waals surface area contributed by atoms with Crippen molar-refractivity contribution in [3.8, 4) is 17.0 Å². The first kappa shape index (κ1) is 19.3. The lowest BCUT2D eigenvalue weighted by atomic mass is 10.1. The first-order valence-corrected chi connectivity index (χ1v) is 7.88. The van der Waals surface area contributed by atoms with Gasteiger partial charge >= 0.3 is 6.36 Å². The molecule has 28 heavy (non-hydrogen) atoms. The van der Waals surface area contributed by atoms with Crippen LogP contribution >= 0.6 is 0 Å². The standard InChI is InChI=1S/C18H13F5N4O/c1-24-17-26-15(10-3-2-4-12(7-10)28-18(21,22)23)9-16(27-17)25-14-6-5-11(19)8-13(14)20/h2-9H,1H3,(H2,24,25,26,27). The SMILES string of the molecule is CNc1nc(Nc2ccc(F)cc2F)cc(-c2cccc(OC(F)(F)F)c2)n1. The molecule has 0 aliphatic carbocycles. The largest absolute Gasteiger partial charge is 0.573 e. The molecule has 5 nitrogen and oxygen atoms in total. The van der Waals surface area contributed by atoms with E-state index in [0.717, 1.165) is 18.2 Å². The highest BCUT2D eigenvalue weighted by molar-refractivity contribution is 5.68. The van der Waals surface area contributed by atoms with Gasteiger partial charge in [0.05, 0.1) is 11.4 Å². The van der Waals surface area contributed by atoms with Crippen LogP contribution in [0, 0.1) is 11.6 Å². The van der Waals surface area contributed by atoms with Crippen molar-refractivity contribution in [3.05, 3.63) is 60.2 Å². The minimum Gasteiger partial charge on any atom is -0.406 e. The minimum atomic E-state index is -4.83. The molecular weight excluding hydrogens is 383 g/mol. The number of halogens is 5. The Morgan fingerprint density at radius 2 is 1.75 bits per heavy atom. The van der Waals surface area contributed by atoms with Crippen LogP contribution in [0.5, 0.6) is 5.75 Å². The van der Waals surface area contributed by atoms with E-state index < -0.39 is 23.7 Å². The van der Waals surface area contributed by atoms with Crippen LogP contribution in [-0.4, -0.2) is 23.4 Å². The summed E-state index contributed by atoms with van der Waals surface area (Å²) < 4.78 is 68.1. The molecule has 0 saturated carbocycles. The van der Waals surface area contributed by atoms with Gasteiger partial charge in [-0.2, -0.15) is 4.98 Å². The molecular formula is C18H13F5N4O. The monoisotopic (exact) mass is 396 g/mol. The molecule has 0 unspecified atom stereocenters. The highest BCUT2D eigenvalue weighted by atomic mass is 19.4. The van der Waals surface area contributed by atoms with Crippen LogP contribution in [-0.2, 0) is 0 Å². The lowest BCUT2D eigenvalue weighted by Crippen LogP contribution is -2.17. The van der Waals surface area contributed by atoms with E-state index in [0.29, 0.717) is 11.6 Å². The molecule has 10 heteroatoms. The van der Waals surface area contributed by atoms with E-state index in [1.165, 1.54) is 24.3 Å². The summed E-state index contributed by atoms with van der Waals surface area (Å²) in [6.45, 7) is 0. The van der Waals surface area contributed by atoms with Gasteiger partial charge in [-0.25, -0.2) is 13.8 Å². The number of nitrogens with one attached hydrogen (secondary N) is 2. The fourth-order valence-corrected chi connectivity index (χ4v) is 2.35. The Bertz CT molecular complexity index is 994. The zero-order valence-electron chi connectivity index (χ0n) is 14.3. The van der Waals surface area contributed by atoms with Gasteiger partial charge in [0.25, 0.3) is 0 Å². The Balaban J connectivity index is 1.96. The van der Waals surface area contributed by atoms with Crippen molar-refractivity contribution in [1.82, 2.24) is 9.97 Å². The maximum Gasteiger partial charge on any atom is 0.573 e. The lowest BCUT2D eigenvalue weighted by Gasteiger charge is -2.12. The molecule has 0 aliphatic heterocycles. The van der Waals surface area contributed by atoms with Crippen molar-refractivity contribution >= 4 is 17.5 Å². The third kappa shape index (κ3) is 4.84. The van der Waals surface area contributed by atoms with Crippen molar-refractivity contribution in [1.29, 1.82) is 0 Å². The summed E-state index contributed by atoms with van der Waals surface area (Å²) in [4.78, 5) is 8.30. The van der Waals surface area contributed by atoms with Gasteiger partial charge in [0.15, 0.2) is 0 Å². The average molecular weight is 396 g/mol. The van der Waals surface area contributed by atoms with Crippen molar-refractivity contribution in [2.24, 2.45) is 0 Å². The van der Waals surface area contributed by atoms with Gasteiger partial charge in [-0.05, 0) is 24.3 Å². The Kier molecular flexibility index (Phi) is 5.30. The summed E-state index contributed by atoms with van der Waals surface area (Å²) in [7, 11) is 1.55. The zero-order valence-corrected chi connectivity index (χ0v) is 14.3. The minimum absolute atomic E-state index is 0.0257. The van der Waals surface area contributed by atoms with E-state index in [4.69, 9.17) is 0 Å². The second kappa shape index (κ2) is 7.67. The number of hydrogen-bond acceptors (Lipinski definition) is 5. The van der Waals surface area contributed by atoms with Gasteiger partial charge < -0.3 is 15.4 Å². The van der Waals surface area contributed by atoms with Crippen LogP contribution in [0.1, 0.15) is 0 Å². The second-order valence-corrected chi connectivity index (χ2v) is 5.54. The number of benzene rings is 2. The normalized spacial score (nSPS) is 11.2. The summed E-state index contributed by atoms with van der Waals surface area (Å²) in [5, 5.41) is 5.41. The third-order valence-corrected chi connectivity index (χ3v) is 3.51. The molecule has 0 radical (unpaired) electrons. The third-order valence-electron chi connectivity index (χ3n) is 3.51. The quantitative estimate of drug-likeness (QED) is 0.588. The molecule has 0 aliphatic rings. The maximum atomic E-state index is 13.9. The van der Waals surface area contributed by atoms with Crippen LogP contribution in [0.2, 0.25) is 0 Å². The number of rotatable bonds is 5. The number of hydrogen-bond donors (Lipinski definition) is 2. The molecule has 0 saturated heterocycles. The number of nitrogens with zero attached hydrogens (tertiary/aromatic N) is 2. The number of ether oxygens (including phenoxy) is 1. The molecule has 2 N–H and O–H groups in total. The molecule has 2 aromatic carbocycles. The van der Waals surface area contributed by atoms with Crippen LogP contribution in [0.25, 0.3) is 11.3 Å². The maximum absolute atomic E-state index is 13.9. The van der Waals surface area contributed by atoms with Gasteiger partial charge in [-0.3, -0.25) is 0 Å². The average Bonchev–Trinajstić information content (AvgIpc) is 2.62. The molecule has 0 atom stereocenters. The van der Waals surface area contributed by atoms with Crippen molar-refractivity contribution in [2.45, 2.75) is 6.36 Å². The van der Waals surface area contributed by atoms with Crippen molar-refractivity contribution < 1.29 is 26.7 Å². The molecule has 3 rings (SSSR count). The number of aromatic nitrogens is 2. The van der Waals surface area contributed by atoms with E-state index in [1.807, 2.05) is 0 Å². The molecule has 3 aromatic rings. The van der Waals surface area contributed by atoms with Gasteiger partial charge in [-0.1, -0.05) is 12.1 Å². The molecule has 0 bridgehead atoms. The zero-order chi connectivity index (χ0) is 20.3. The first-order chi connectivity index (χ1) is 13.2. The van der Waals surface area contributed by atoms with Gasteiger partial charge in [-0.15, -0.1) is 13.2 Å². The second-order valence-electron chi connectivity index (χ2n) is 5.54. The smallest absolute Gasteiger partial charge is 0.406 e. The summed E-state index contributed by atoms with van der Waals surface area (Å²) in [6.07, 6.45) is -4.83. The summed E-state index contributed by atoms with van der Waals surface area (Å²) in [5.41, 5.74) is 0.558. The summed E-state index contributed by atoms with van der Waals surface area (Å²) in [5.74, 6) is -1.67. The molecule has 1 heterocycles. The Hall–Kier alpha value is -3.43. The molecule has 0 spiro atoms. The predicted molar refractivity (Wildman–Crippen MR) is 93.3 cm³/mol. The Morgan fingerprint density at radius 3 is 2.43 bits per heavy atom. The molecule has 1 aromatic heterocycles. The van der Waals surface area contributed by atoms with E-state index in [9.17, 15) is 22.0 Å². The number of anilines is 3. The highest BCUT2D eigenvalue weighted by Gasteiger charge is 2.31. The van der Waals surface area contributed by atoms with E-state index in [-0.39, 0.29) is 23.1 Å². The van der Waals surface area contributed by atoms with Gasteiger partial charge in [0.1, 0.15) is 23.2 Å². The van der Waals surface area contributed by atoms with Gasteiger partial charge in [0.2, 0.25) is 5.95 Å². The fraction of sp³-hybridized carbons (Fsp3) is 0.111. The van der Waals surface area contributed by atoms with Crippen LogP contribution in [0.4, 0.5) is 39.4 Å². The summed E-state index contributed by atoms with van der Waals surface area (Å²) in [6, 6.07) is 9.63. The predicted octanol–water partition coefficient (Wildman–Crippen LogP) is 5.11. The Labute approximate surface area is 156 Å². The topological polar surface area (TPSA) is 59.1 Å². The van der Waals surface area contributed by atoms with E-state index in [2.05, 4.69) is 25.3 Å². The van der Waals surface area contributed by atoms with Crippen LogP contribution in [0.15, 0.2) is 48.5 Å². The number of alkyl halides is 3. The van der Waals surface area contributed by atoms with Crippen LogP contribution < -0.4 is 15.4 Å². The van der Waals surface area contributed by atoms with Crippen molar-refractivity contribution in [3.63, 3.8) is 0 Å². The van der Waals surface area contributed by atoms with Crippen molar-refractivity contribution in [2.75, 3.05) is 17.7 Å². The molecule has 0 amide bonds. The van der Waals surface area contributed by atoms with Crippen LogP contribution in [0.3, 0.4) is 0 Å². The van der Waals surface area contributed by atoms with Gasteiger partial charge in [0, 0.05) is 24.7 Å². The Morgan fingerprint density at radius 1 is 0.964 bits per heavy atom. The summed E-state index contributed by atoms with van der Waals surface area (Å²) >= 11 is 0. The molecule has 0 fully saturated rings. The van der Waals surface area contributed by atoms with E-state index >= 15 is 0 Å². The fourth-order valence-electron chi connectivity index (χ4n) is 2.35. The lowest BCUT2D eigenvalue weighted by molar-refractivity contribution is -0.274.